The number of ether oxygens (including phenoxy) is 1. The molecule has 1 spiro atoms. The number of nitrogens with one attached hydrogen (secondary N) is 1. The predicted octanol–water partition coefficient (Wildman–Crippen LogP) is 2.65. The molecule has 3 rings (SSSR count). The van der Waals surface area contributed by atoms with Gasteiger partial charge in [-0.2, -0.15) is 0 Å². The van der Waals surface area contributed by atoms with E-state index in [0.29, 0.717) is 12.0 Å². The monoisotopic (exact) mass is 436 g/mol. The smallest absolute Gasteiger partial charge is 0.194 e. The number of likely N-dealkylation sites (tertiary alicyclic amines) is 1. The molecule has 1 aromatic heterocycles. The van der Waals surface area contributed by atoms with Gasteiger partial charge < -0.3 is 15.0 Å². The maximum atomic E-state index is 5.61. The molecule has 5 nitrogen and oxygen atoms in total. The molecule has 124 valence electrons. The fourth-order valence-corrected chi connectivity index (χ4v) is 3.84. The summed E-state index contributed by atoms with van der Waals surface area (Å²) in [4.78, 5) is 12.8. The summed E-state index contributed by atoms with van der Waals surface area (Å²) >= 11 is 1.72. The topological polar surface area (TPSA) is 49.8 Å². The van der Waals surface area contributed by atoms with Crippen molar-refractivity contribution < 1.29 is 4.74 Å². The van der Waals surface area contributed by atoms with Gasteiger partial charge in [-0.1, -0.05) is 0 Å². The van der Waals surface area contributed by atoms with Crippen LogP contribution in [0, 0.1) is 12.3 Å². The molecule has 2 aliphatic heterocycles. The summed E-state index contributed by atoms with van der Waals surface area (Å²) in [5.41, 5.74) is 0.369. The second-order valence-corrected chi connectivity index (χ2v) is 7.33. The summed E-state index contributed by atoms with van der Waals surface area (Å²) in [5.74, 6) is 1.02. The highest BCUT2D eigenvalue weighted by Gasteiger charge is 2.42. The maximum absolute atomic E-state index is 5.61. The van der Waals surface area contributed by atoms with Gasteiger partial charge in [0.15, 0.2) is 5.96 Å². The Morgan fingerprint density at radius 2 is 2.41 bits per heavy atom. The zero-order valence-electron chi connectivity index (χ0n) is 13.3. The Kier molecular flexibility index (Phi) is 6.46. The number of nitrogens with zero attached hydrogens (tertiary/aromatic N) is 3. The normalized spacial score (nSPS) is 24.8. The molecule has 1 N–H and O–H groups in total. The number of halogens is 1. The third kappa shape index (κ3) is 4.11. The maximum Gasteiger partial charge on any atom is 0.194 e. The van der Waals surface area contributed by atoms with E-state index in [1.54, 1.807) is 11.3 Å². The molecule has 2 saturated heterocycles. The van der Waals surface area contributed by atoms with Crippen LogP contribution in [0.5, 0.6) is 0 Å². The number of thiazole rings is 1. The molecule has 0 aliphatic carbocycles. The largest absolute Gasteiger partial charge is 0.381 e. The van der Waals surface area contributed by atoms with Gasteiger partial charge in [0, 0.05) is 42.7 Å². The van der Waals surface area contributed by atoms with Gasteiger partial charge in [0.1, 0.15) is 5.01 Å². The van der Waals surface area contributed by atoms with Crippen molar-refractivity contribution in [1.82, 2.24) is 15.2 Å². The van der Waals surface area contributed by atoms with Crippen molar-refractivity contribution in [2.24, 2.45) is 10.4 Å². The zero-order chi connectivity index (χ0) is 14.7. The average molecular weight is 436 g/mol. The Labute approximate surface area is 153 Å². The molecule has 0 amide bonds. The van der Waals surface area contributed by atoms with Gasteiger partial charge in [-0.15, -0.1) is 35.3 Å². The first-order valence-corrected chi connectivity index (χ1v) is 8.55. The third-order valence-corrected chi connectivity index (χ3v) is 5.19. The van der Waals surface area contributed by atoms with Crippen molar-refractivity contribution >= 4 is 41.3 Å². The lowest BCUT2D eigenvalue weighted by molar-refractivity contribution is 0.156. The van der Waals surface area contributed by atoms with E-state index in [-0.39, 0.29) is 24.0 Å². The van der Waals surface area contributed by atoms with E-state index < -0.39 is 0 Å². The van der Waals surface area contributed by atoms with Crippen molar-refractivity contribution in [2.75, 3.05) is 32.8 Å². The number of aryl methyl sites for hydroxylation is 1. The molecule has 7 heteroatoms. The van der Waals surface area contributed by atoms with Gasteiger partial charge in [0.2, 0.25) is 0 Å². The molecule has 0 bridgehead atoms. The molecular formula is C15H25IN4OS. The highest BCUT2D eigenvalue weighted by atomic mass is 127. The molecule has 1 aromatic rings. The Morgan fingerprint density at radius 1 is 1.55 bits per heavy atom. The molecule has 1 atom stereocenters. The van der Waals surface area contributed by atoms with Gasteiger partial charge in [-0.05, 0) is 26.7 Å². The van der Waals surface area contributed by atoms with Gasteiger partial charge in [-0.25, -0.2) is 9.98 Å². The van der Waals surface area contributed by atoms with Crippen LogP contribution in [-0.4, -0.2) is 48.7 Å². The van der Waals surface area contributed by atoms with E-state index in [4.69, 9.17) is 9.73 Å². The number of aromatic nitrogens is 1. The Morgan fingerprint density at radius 3 is 3.05 bits per heavy atom. The molecule has 2 aliphatic rings. The number of hydrogen-bond acceptors (Lipinski definition) is 4. The summed E-state index contributed by atoms with van der Waals surface area (Å²) in [6, 6.07) is 0. The highest BCUT2D eigenvalue weighted by Crippen LogP contribution is 2.38. The van der Waals surface area contributed by atoms with Crippen LogP contribution < -0.4 is 5.32 Å². The van der Waals surface area contributed by atoms with Crippen LogP contribution in [0.15, 0.2) is 11.2 Å². The molecule has 0 saturated carbocycles. The Hall–Kier alpha value is -0.410. The van der Waals surface area contributed by atoms with Crippen LogP contribution >= 0.6 is 35.3 Å². The minimum atomic E-state index is 0. The summed E-state index contributed by atoms with van der Waals surface area (Å²) in [5, 5.41) is 4.50. The molecule has 2 fully saturated rings. The molecule has 3 heterocycles. The fourth-order valence-electron chi connectivity index (χ4n) is 3.13. The molecular weight excluding hydrogens is 411 g/mol. The van der Waals surface area contributed by atoms with E-state index in [1.807, 2.05) is 6.20 Å². The van der Waals surface area contributed by atoms with Gasteiger partial charge in [-0.3, -0.25) is 0 Å². The average Bonchev–Trinajstić information content (AvgIpc) is 3.19. The number of guanidine groups is 1. The standard InChI is InChI=1S/C15H24N4OS.HI/c1-3-16-14(18-9-13-17-8-12(2)21-13)19-6-4-15(10-19)5-7-20-11-15;/h8H,3-7,9-11H2,1-2H3,(H,16,18);1H. The Bertz CT molecular complexity index is 513. The molecule has 22 heavy (non-hydrogen) atoms. The first-order chi connectivity index (χ1) is 10.2. The summed E-state index contributed by atoms with van der Waals surface area (Å²) < 4.78 is 5.61. The van der Waals surface area contributed by atoms with Crippen LogP contribution in [0.1, 0.15) is 29.7 Å². The Balaban J connectivity index is 0.00000176. The molecule has 1 unspecified atom stereocenters. The number of rotatable bonds is 3. The van der Waals surface area contributed by atoms with Crippen LogP contribution in [0.25, 0.3) is 0 Å². The van der Waals surface area contributed by atoms with Crippen molar-refractivity contribution in [3.05, 3.63) is 16.1 Å². The van der Waals surface area contributed by atoms with Crippen LogP contribution in [0.2, 0.25) is 0 Å². The lowest BCUT2D eigenvalue weighted by atomic mass is 9.87. The molecule has 0 aromatic carbocycles. The van der Waals surface area contributed by atoms with E-state index in [2.05, 4.69) is 29.0 Å². The lowest BCUT2D eigenvalue weighted by Crippen LogP contribution is -2.41. The van der Waals surface area contributed by atoms with Crippen LogP contribution in [0.4, 0.5) is 0 Å². The minimum absolute atomic E-state index is 0. The van der Waals surface area contributed by atoms with Gasteiger partial charge in [0.25, 0.3) is 0 Å². The quantitative estimate of drug-likeness (QED) is 0.450. The highest BCUT2D eigenvalue weighted by molar-refractivity contribution is 14.0. The summed E-state index contributed by atoms with van der Waals surface area (Å²) in [7, 11) is 0. The van der Waals surface area contributed by atoms with Crippen molar-refractivity contribution in [1.29, 1.82) is 0 Å². The van der Waals surface area contributed by atoms with Crippen molar-refractivity contribution in [3.8, 4) is 0 Å². The SMILES string of the molecule is CCNC(=NCc1ncc(C)s1)N1CCC2(CCOC2)C1.I. The van der Waals surface area contributed by atoms with E-state index in [0.717, 1.165) is 43.8 Å². The van der Waals surface area contributed by atoms with Gasteiger partial charge in [0.05, 0.1) is 13.2 Å². The zero-order valence-corrected chi connectivity index (χ0v) is 16.4. The van der Waals surface area contributed by atoms with E-state index in [9.17, 15) is 0 Å². The lowest BCUT2D eigenvalue weighted by Gasteiger charge is -2.24. The van der Waals surface area contributed by atoms with E-state index >= 15 is 0 Å². The second-order valence-electron chi connectivity index (χ2n) is 6.01. The van der Waals surface area contributed by atoms with Crippen LogP contribution in [0.3, 0.4) is 0 Å². The van der Waals surface area contributed by atoms with Crippen molar-refractivity contribution in [3.63, 3.8) is 0 Å². The second kappa shape index (κ2) is 7.92. The van der Waals surface area contributed by atoms with E-state index in [1.165, 1.54) is 17.7 Å². The molecule has 0 radical (unpaired) electrons. The van der Waals surface area contributed by atoms with Gasteiger partial charge >= 0.3 is 0 Å². The summed E-state index contributed by atoms with van der Waals surface area (Å²) in [6.45, 7) is 9.74. The number of aliphatic imine (C=N–C) groups is 1. The third-order valence-electron chi connectivity index (χ3n) is 4.29. The minimum Gasteiger partial charge on any atom is -0.381 e. The first kappa shape index (κ1) is 17.9. The fraction of sp³-hybridized carbons (Fsp3) is 0.733. The number of hydrogen-bond donors (Lipinski definition) is 1. The van der Waals surface area contributed by atoms with Crippen LogP contribution in [-0.2, 0) is 11.3 Å². The first-order valence-electron chi connectivity index (χ1n) is 7.73. The summed E-state index contributed by atoms with van der Waals surface area (Å²) in [6.07, 6.45) is 4.32. The van der Waals surface area contributed by atoms with Crippen molar-refractivity contribution in [2.45, 2.75) is 33.2 Å². The predicted molar refractivity (Wildman–Crippen MR) is 101 cm³/mol.